The van der Waals surface area contributed by atoms with Gasteiger partial charge in [0.25, 0.3) is 5.91 Å². The second kappa shape index (κ2) is 7.25. The number of hydrogen-bond acceptors (Lipinski definition) is 2. The lowest BCUT2D eigenvalue weighted by Crippen LogP contribution is -2.52. The maximum absolute atomic E-state index is 12.3. The van der Waals surface area contributed by atoms with Gasteiger partial charge in [-0.15, -0.1) is 0 Å². The smallest absolute Gasteiger partial charge is 0.251 e. The minimum Gasteiger partial charge on any atom is -0.350 e. The van der Waals surface area contributed by atoms with Crippen LogP contribution in [0.3, 0.4) is 0 Å². The predicted octanol–water partition coefficient (Wildman–Crippen LogP) is 2.75. The molecule has 1 aromatic carbocycles. The van der Waals surface area contributed by atoms with Crippen LogP contribution in [0, 0.1) is 5.92 Å². The Morgan fingerprint density at radius 1 is 1.10 bits per heavy atom. The van der Waals surface area contributed by atoms with Crippen molar-refractivity contribution in [3.8, 4) is 0 Å². The average Bonchev–Trinajstić information content (AvgIpc) is 2.36. The van der Waals surface area contributed by atoms with E-state index in [-0.39, 0.29) is 17.4 Å². The first-order chi connectivity index (χ1) is 9.69. The Bertz CT molecular complexity index is 475. The zero-order valence-corrected chi connectivity index (χ0v) is 13.6. The van der Waals surface area contributed by atoms with Gasteiger partial charge in [0.2, 0.25) is 5.91 Å². The Balaban J connectivity index is 2.79. The molecule has 4 nitrogen and oxygen atoms in total. The summed E-state index contributed by atoms with van der Waals surface area (Å²) in [6.07, 6.45) is 0.612. The van der Waals surface area contributed by atoms with Crippen LogP contribution in [0.1, 0.15) is 51.4 Å². The zero-order chi connectivity index (χ0) is 16.0. The van der Waals surface area contributed by atoms with Crippen molar-refractivity contribution < 1.29 is 9.59 Å². The van der Waals surface area contributed by atoms with Gasteiger partial charge in [0.1, 0.15) is 6.04 Å². The number of carbonyl (C=O) groups excluding carboxylic acids is 2. The molecule has 1 unspecified atom stereocenters. The molecule has 116 valence electrons. The van der Waals surface area contributed by atoms with Gasteiger partial charge < -0.3 is 10.6 Å². The Morgan fingerprint density at radius 2 is 1.67 bits per heavy atom. The standard InChI is InChI=1S/C17H26N2O2/c1-12(2)11-14(16(21)19-17(3,4)5)18-15(20)13-9-7-6-8-10-13/h6-10,12,14H,11H2,1-5H3,(H,18,20)(H,19,21). The highest BCUT2D eigenvalue weighted by Crippen LogP contribution is 2.09. The molecule has 1 atom stereocenters. The van der Waals surface area contributed by atoms with Crippen LogP contribution in [-0.2, 0) is 4.79 Å². The van der Waals surface area contributed by atoms with Crippen LogP contribution in [-0.4, -0.2) is 23.4 Å². The van der Waals surface area contributed by atoms with E-state index in [1.54, 1.807) is 12.1 Å². The third-order valence-electron chi connectivity index (χ3n) is 2.86. The summed E-state index contributed by atoms with van der Waals surface area (Å²) in [7, 11) is 0. The van der Waals surface area contributed by atoms with Crippen LogP contribution in [0.15, 0.2) is 30.3 Å². The number of hydrogen-bond donors (Lipinski definition) is 2. The second-order valence-corrected chi connectivity index (χ2v) is 6.76. The maximum atomic E-state index is 12.3. The van der Waals surface area contributed by atoms with Crippen molar-refractivity contribution in [1.29, 1.82) is 0 Å². The molecule has 0 saturated heterocycles. The average molecular weight is 290 g/mol. The van der Waals surface area contributed by atoms with Crippen molar-refractivity contribution in [1.82, 2.24) is 10.6 Å². The highest BCUT2D eigenvalue weighted by Gasteiger charge is 2.25. The van der Waals surface area contributed by atoms with Crippen molar-refractivity contribution in [2.75, 3.05) is 0 Å². The minimum absolute atomic E-state index is 0.138. The molecule has 1 aromatic rings. The van der Waals surface area contributed by atoms with Crippen molar-refractivity contribution in [3.05, 3.63) is 35.9 Å². The molecule has 0 saturated carbocycles. The summed E-state index contributed by atoms with van der Waals surface area (Å²) in [6, 6.07) is 8.43. The minimum atomic E-state index is -0.517. The lowest BCUT2D eigenvalue weighted by atomic mass is 10.0. The molecule has 4 heteroatoms. The normalized spacial score (nSPS) is 12.9. The van der Waals surface area contributed by atoms with E-state index in [9.17, 15) is 9.59 Å². The largest absolute Gasteiger partial charge is 0.350 e. The molecular weight excluding hydrogens is 264 g/mol. The number of benzene rings is 1. The van der Waals surface area contributed by atoms with E-state index in [4.69, 9.17) is 0 Å². The molecule has 0 fully saturated rings. The van der Waals surface area contributed by atoms with E-state index in [0.717, 1.165) is 0 Å². The fourth-order valence-corrected chi connectivity index (χ4v) is 1.99. The zero-order valence-electron chi connectivity index (χ0n) is 13.6. The van der Waals surface area contributed by atoms with E-state index in [1.807, 2.05) is 52.8 Å². The summed E-state index contributed by atoms with van der Waals surface area (Å²) in [4.78, 5) is 24.6. The van der Waals surface area contributed by atoms with Gasteiger partial charge in [-0.3, -0.25) is 9.59 Å². The van der Waals surface area contributed by atoms with Gasteiger partial charge in [0.15, 0.2) is 0 Å². The van der Waals surface area contributed by atoms with Gasteiger partial charge in [0.05, 0.1) is 0 Å². The monoisotopic (exact) mass is 290 g/mol. The van der Waals surface area contributed by atoms with Gasteiger partial charge in [-0.2, -0.15) is 0 Å². The first-order valence-corrected chi connectivity index (χ1v) is 7.37. The summed E-state index contributed by atoms with van der Waals surface area (Å²) >= 11 is 0. The van der Waals surface area contributed by atoms with Crippen LogP contribution in [0.25, 0.3) is 0 Å². The number of nitrogens with one attached hydrogen (secondary N) is 2. The molecular formula is C17H26N2O2. The summed E-state index contributed by atoms with van der Waals surface area (Å²) in [5, 5.41) is 5.76. The third kappa shape index (κ3) is 6.43. The summed E-state index contributed by atoms with van der Waals surface area (Å²) in [6.45, 7) is 9.85. The molecule has 0 radical (unpaired) electrons. The van der Waals surface area contributed by atoms with Crippen LogP contribution >= 0.6 is 0 Å². The van der Waals surface area contributed by atoms with Crippen LogP contribution < -0.4 is 10.6 Å². The lowest BCUT2D eigenvalue weighted by molar-refractivity contribution is -0.124. The van der Waals surface area contributed by atoms with E-state index in [2.05, 4.69) is 10.6 Å². The number of carbonyl (C=O) groups is 2. The third-order valence-corrected chi connectivity index (χ3v) is 2.86. The molecule has 0 aliphatic heterocycles. The molecule has 0 aliphatic rings. The van der Waals surface area contributed by atoms with Gasteiger partial charge in [-0.1, -0.05) is 32.0 Å². The molecule has 2 amide bonds. The molecule has 0 bridgehead atoms. The number of amides is 2. The highest BCUT2D eigenvalue weighted by atomic mass is 16.2. The van der Waals surface area contributed by atoms with E-state index < -0.39 is 6.04 Å². The first kappa shape index (κ1) is 17.2. The highest BCUT2D eigenvalue weighted by molar-refractivity contribution is 5.97. The molecule has 0 spiro atoms. The Morgan fingerprint density at radius 3 is 2.14 bits per heavy atom. The molecule has 0 aliphatic carbocycles. The van der Waals surface area contributed by atoms with Crippen LogP contribution in [0.5, 0.6) is 0 Å². The van der Waals surface area contributed by atoms with Crippen molar-refractivity contribution in [2.24, 2.45) is 5.92 Å². The summed E-state index contributed by atoms with van der Waals surface area (Å²) in [5.41, 5.74) is 0.249. The van der Waals surface area contributed by atoms with Crippen molar-refractivity contribution >= 4 is 11.8 Å². The molecule has 0 aromatic heterocycles. The fraction of sp³-hybridized carbons (Fsp3) is 0.529. The van der Waals surface area contributed by atoms with Gasteiger partial charge in [0, 0.05) is 11.1 Å². The van der Waals surface area contributed by atoms with Crippen molar-refractivity contribution in [2.45, 2.75) is 52.6 Å². The van der Waals surface area contributed by atoms with Crippen LogP contribution in [0.4, 0.5) is 0 Å². The quantitative estimate of drug-likeness (QED) is 0.876. The van der Waals surface area contributed by atoms with Gasteiger partial charge in [-0.25, -0.2) is 0 Å². The van der Waals surface area contributed by atoms with Crippen molar-refractivity contribution in [3.63, 3.8) is 0 Å². The van der Waals surface area contributed by atoms with Gasteiger partial charge in [-0.05, 0) is 45.2 Å². The van der Waals surface area contributed by atoms with E-state index >= 15 is 0 Å². The molecule has 2 N–H and O–H groups in total. The maximum Gasteiger partial charge on any atom is 0.251 e. The van der Waals surface area contributed by atoms with Crippen LogP contribution in [0.2, 0.25) is 0 Å². The fourth-order valence-electron chi connectivity index (χ4n) is 1.99. The number of rotatable bonds is 5. The topological polar surface area (TPSA) is 58.2 Å². The van der Waals surface area contributed by atoms with E-state index in [0.29, 0.717) is 17.9 Å². The molecule has 0 heterocycles. The first-order valence-electron chi connectivity index (χ1n) is 7.37. The lowest BCUT2D eigenvalue weighted by Gasteiger charge is -2.26. The Hall–Kier alpha value is -1.84. The summed E-state index contributed by atoms with van der Waals surface area (Å²) < 4.78 is 0. The molecule has 1 rings (SSSR count). The second-order valence-electron chi connectivity index (χ2n) is 6.76. The predicted molar refractivity (Wildman–Crippen MR) is 85.0 cm³/mol. The SMILES string of the molecule is CC(C)CC(NC(=O)c1ccccc1)C(=O)NC(C)(C)C. The molecule has 21 heavy (non-hydrogen) atoms. The van der Waals surface area contributed by atoms with Gasteiger partial charge >= 0.3 is 0 Å². The Labute approximate surface area is 127 Å². The Kier molecular flexibility index (Phi) is 5.94. The van der Waals surface area contributed by atoms with E-state index in [1.165, 1.54) is 0 Å². The summed E-state index contributed by atoms with van der Waals surface area (Å²) in [5.74, 6) is -0.0393.